The van der Waals surface area contributed by atoms with Gasteiger partial charge in [-0.2, -0.15) is 13.2 Å². The highest BCUT2D eigenvalue weighted by atomic mass is 19.4. The Morgan fingerprint density at radius 3 is 2.29 bits per heavy atom. The van der Waals surface area contributed by atoms with Crippen molar-refractivity contribution in [2.75, 3.05) is 20.3 Å². The first-order valence-corrected chi connectivity index (χ1v) is 4.72. The van der Waals surface area contributed by atoms with Crippen molar-refractivity contribution in [1.29, 1.82) is 0 Å². The van der Waals surface area contributed by atoms with E-state index in [4.69, 9.17) is 4.74 Å². The fraction of sp³-hybridized carbons (Fsp3) is 1.00. The molecule has 2 unspecified atom stereocenters. The average Bonchev–Trinajstić information content (AvgIpc) is 2.08. The van der Waals surface area contributed by atoms with Gasteiger partial charge in [0.15, 0.2) is 0 Å². The Hall–Kier alpha value is -0.290. The summed E-state index contributed by atoms with van der Waals surface area (Å²) < 4.78 is 42.2. The monoisotopic (exact) mass is 213 g/mol. The molecular weight excluding hydrogens is 195 g/mol. The van der Waals surface area contributed by atoms with Crippen molar-refractivity contribution in [3.8, 4) is 0 Å². The lowest BCUT2D eigenvalue weighted by molar-refractivity contribution is -0.167. The number of ether oxygens (including phenoxy) is 1. The number of hydrogen-bond donors (Lipinski definition) is 1. The molecule has 14 heavy (non-hydrogen) atoms. The largest absolute Gasteiger partial charge is 0.404 e. The lowest BCUT2D eigenvalue weighted by Gasteiger charge is -2.26. The standard InChI is InChI=1S/C9H18F3NO/c1-4-13-8(9(10,11)12)7(2)5-6-14-3/h7-8,13H,4-6H2,1-3H3. The number of rotatable bonds is 6. The van der Waals surface area contributed by atoms with E-state index in [1.54, 1.807) is 13.8 Å². The van der Waals surface area contributed by atoms with E-state index < -0.39 is 18.1 Å². The molecule has 0 aromatic carbocycles. The van der Waals surface area contributed by atoms with Gasteiger partial charge >= 0.3 is 6.18 Å². The predicted molar refractivity (Wildman–Crippen MR) is 49.2 cm³/mol. The van der Waals surface area contributed by atoms with Crippen LogP contribution in [0.15, 0.2) is 0 Å². The van der Waals surface area contributed by atoms with E-state index in [-0.39, 0.29) is 0 Å². The van der Waals surface area contributed by atoms with Crippen LogP contribution >= 0.6 is 0 Å². The molecule has 0 aromatic heterocycles. The molecule has 0 aliphatic carbocycles. The molecule has 86 valence electrons. The van der Waals surface area contributed by atoms with Crippen molar-refractivity contribution in [2.24, 2.45) is 5.92 Å². The molecular formula is C9H18F3NO. The van der Waals surface area contributed by atoms with Crippen molar-refractivity contribution >= 4 is 0 Å². The van der Waals surface area contributed by atoms with Gasteiger partial charge in [0.25, 0.3) is 0 Å². The Bertz CT molecular complexity index is 149. The van der Waals surface area contributed by atoms with Crippen molar-refractivity contribution < 1.29 is 17.9 Å². The lowest BCUT2D eigenvalue weighted by atomic mass is 9.98. The summed E-state index contributed by atoms with van der Waals surface area (Å²) in [5.41, 5.74) is 0. The van der Waals surface area contributed by atoms with Crippen LogP contribution in [0.1, 0.15) is 20.3 Å². The van der Waals surface area contributed by atoms with Gasteiger partial charge in [-0.1, -0.05) is 13.8 Å². The first kappa shape index (κ1) is 13.7. The van der Waals surface area contributed by atoms with E-state index in [0.717, 1.165) is 0 Å². The van der Waals surface area contributed by atoms with Gasteiger partial charge in [-0.15, -0.1) is 0 Å². The Balaban J connectivity index is 4.18. The van der Waals surface area contributed by atoms with Crippen molar-refractivity contribution in [2.45, 2.75) is 32.5 Å². The third-order valence-corrected chi connectivity index (χ3v) is 2.12. The summed E-state index contributed by atoms with van der Waals surface area (Å²) in [4.78, 5) is 0. The van der Waals surface area contributed by atoms with Crippen LogP contribution < -0.4 is 5.32 Å². The summed E-state index contributed by atoms with van der Waals surface area (Å²) in [6.45, 7) is 3.93. The van der Waals surface area contributed by atoms with Crippen LogP contribution in [-0.4, -0.2) is 32.5 Å². The SMILES string of the molecule is CCNC(C(C)CCOC)C(F)(F)F. The highest BCUT2D eigenvalue weighted by Crippen LogP contribution is 2.27. The van der Waals surface area contributed by atoms with Gasteiger partial charge in [0.1, 0.15) is 6.04 Å². The van der Waals surface area contributed by atoms with E-state index in [2.05, 4.69) is 5.32 Å². The van der Waals surface area contributed by atoms with E-state index in [0.29, 0.717) is 19.6 Å². The molecule has 5 heteroatoms. The molecule has 0 fully saturated rings. The van der Waals surface area contributed by atoms with Crippen LogP contribution in [0.2, 0.25) is 0 Å². The van der Waals surface area contributed by atoms with Gasteiger partial charge in [-0.3, -0.25) is 0 Å². The van der Waals surface area contributed by atoms with Crippen LogP contribution in [0.5, 0.6) is 0 Å². The van der Waals surface area contributed by atoms with Crippen LogP contribution in [-0.2, 0) is 4.74 Å². The summed E-state index contributed by atoms with van der Waals surface area (Å²) in [7, 11) is 1.49. The minimum Gasteiger partial charge on any atom is -0.385 e. The van der Waals surface area contributed by atoms with E-state index in [9.17, 15) is 13.2 Å². The van der Waals surface area contributed by atoms with Gasteiger partial charge in [-0.05, 0) is 18.9 Å². The highest BCUT2D eigenvalue weighted by Gasteiger charge is 2.42. The Morgan fingerprint density at radius 1 is 1.36 bits per heavy atom. The molecule has 0 heterocycles. The average molecular weight is 213 g/mol. The van der Waals surface area contributed by atoms with Crippen LogP contribution in [0.3, 0.4) is 0 Å². The maximum absolute atomic E-state index is 12.5. The zero-order valence-electron chi connectivity index (χ0n) is 8.82. The summed E-state index contributed by atoms with van der Waals surface area (Å²) in [5, 5.41) is 2.45. The molecule has 0 aliphatic rings. The predicted octanol–water partition coefficient (Wildman–Crippen LogP) is 2.20. The second-order valence-electron chi connectivity index (χ2n) is 3.34. The third-order valence-electron chi connectivity index (χ3n) is 2.12. The zero-order chi connectivity index (χ0) is 11.2. The van der Waals surface area contributed by atoms with Gasteiger partial charge in [0.05, 0.1) is 0 Å². The van der Waals surface area contributed by atoms with E-state index in [1.807, 2.05) is 0 Å². The van der Waals surface area contributed by atoms with E-state index in [1.165, 1.54) is 7.11 Å². The summed E-state index contributed by atoms with van der Waals surface area (Å²) in [6, 6.07) is -1.43. The second-order valence-corrected chi connectivity index (χ2v) is 3.34. The van der Waals surface area contributed by atoms with Gasteiger partial charge in [0.2, 0.25) is 0 Å². The lowest BCUT2D eigenvalue weighted by Crippen LogP contribution is -2.47. The van der Waals surface area contributed by atoms with Gasteiger partial charge in [0, 0.05) is 13.7 Å². The highest BCUT2D eigenvalue weighted by molar-refractivity contribution is 4.79. The Morgan fingerprint density at radius 2 is 1.93 bits per heavy atom. The van der Waals surface area contributed by atoms with Crippen molar-refractivity contribution in [1.82, 2.24) is 5.32 Å². The van der Waals surface area contributed by atoms with E-state index >= 15 is 0 Å². The third kappa shape index (κ3) is 4.81. The number of nitrogens with one attached hydrogen (secondary N) is 1. The molecule has 0 radical (unpaired) electrons. The second kappa shape index (κ2) is 6.24. The fourth-order valence-electron chi connectivity index (χ4n) is 1.33. The quantitative estimate of drug-likeness (QED) is 0.730. The zero-order valence-corrected chi connectivity index (χ0v) is 8.82. The van der Waals surface area contributed by atoms with Gasteiger partial charge in [-0.25, -0.2) is 0 Å². The first-order valence-electron chi connectivity index (χ1n) is 4.72. The van der Waals surface area contributed by atoms with Crippen LogP contribution in [0, 0.1) is 5.92 Å². The maximum atomic E-state index is 12.5. The molecule has 0 spiro atoms. The van der Waals surface area contributed by atoms with Crippen molar-refractivity contribution in [3.05, 3.63) is 0 Å². The molecule has 0 aromatic rings. The molecule has 1 N–H and O–H groups in total. The van der Waals surface area contributed by atoms with Crippen LogP contribution in [0.25, 0.3) is 0 Å². The molecule has 0 saturated heterocycles. The summed E-state index contributed by atoms with van der Waals surface area (Å²) in [6.07, 6.45) is -3.77. The minimum atomic E-state index is -4.18. The van der Waals surface area contributed by atoms with Gasteiger partial charge < -0.3 is 10.1 Å². The molecule has 0 bridgehead atoms. The molecule has 0 aliphatic heterocycles. The first-order chi connectivity index (χ1) is 6.43. The normalized spacial score (nSPS) is 16.7. The molecule has 2 nitrogen and oxygen atoms in total. The molecule has 0 rings (SSSR count). The smallest absolute Gasteiger partial charge is 0.385 e. The number of alkyl halides is 3. The summed E-state index contributed by atoms with van der Waals surface area (Å²) >= 11 is 0. The Kier molecular flexibility index (Phi) is 6.11. The molecule has 0 amide bonds. The van der Waals surface area contributed by atoms with Crippen molar-refractivity contribution in [3.63, 3.8) is 0 Å². The molecule has 2 atom stereocenters. The summed E-state index contributed by atoms with van der Waals surface area (Å²) in [5.74, 6) is -0.463. The topological polar surface area (TPSA) is 21.3 Å². The molecule has 0 saturated carbocycles. The number of halogens is 3. The Labute approximate surface area is 82.8 Å². The number of hydrogen-bond acceptors (Lipinski definition) is 2. The fourth-order valence-corrected chi connectivity index (χ4v) is 1.33. The maximum Gasteiger partial charge on any atom is 0.404 e. The van der Waals surface area contributed by atoms with Crippen LogP contribution in [0.4, 0.5) is 13.2 Å². The minimum absolute atomic E-state index is 0.321. The number of methoxy groups -OCH3 is 1.